The lowest BCUT2D eigenvalue weighted by molar-refractivity contribution is -0.128. The van der Waals surface area contributed by atoms with E-state index in [1.807, 2.05) is 19.1 Å². The molecular weight excluding hydrogens is 346 g/mol. The van der Waals surface area contributed by atoms with Crippen molar-refractivity contribution in [1.82, 2.24) is 15.8 Å². The fourth-order valence-electron chi connectivity index (χ4n) is 2.91. The van der Waals surface area contributed by atoms with Crippen LogP contribution < -0.4 is 10.9 Å². The molecule has 0 aromatic heterocycles. The second-order valence-electron chi connectivity index (χ2n) is 7.68. The standard InChI is InChI=1S/C20H29N3O4/c1-5-14-9-11-15(12-10-14)17(24)21-22-18(25)16-8-6-7-13-23(16)19(26)27-20(2,3)4/h9-12,16H,5-8,13H2,1-4H3,(H,21,24)(H,22,25). The first-order valence-corrected chi connectivity index (χ1v) is 9.40. The number of hydrogen-bond acceptors (Lipinski definition) is 4. The minimum absolute atomic E-state index is 0.398. The highest BCUT2D eigenvalue weighted by molar-refractivity contribution is 5.96. The summed E-state index contributed by atoms with van der Waals surface area (Å²) in [7, 11) is 0. The Morgan fingerprint density at radius 3 is 2.37 bits per heavy atom. The largest absolute Gasteiger partial charge is 0.444 e. The van der Waals surface area contributed by atoms with Crippen molar-refractivity contribution in [3.05, 3.63) is 35.4 Å². The highest BCUT2D eigenvalue weighted by Crippen LogP contribution is 2.20. The van der Waals surface area contributed by atoms with Crippen LogP contribution in [0.15, 0.2) is 24.3 Å². The Labute approximate surface area is 160 Å². The minimum atomic E-state index is -0.656. The van der Waals surface area contributed by atoms with Crippen LogP contribution in [0.25, 0.3) is 0 Å². The van der Waals surface area contributed by atoms with Gasteiger partial charge in [-0.1, -0.05) is 19.1 Å². The number of hydrazine groups is 1. The van der Waals surface area contributed by atoms with Gasteiger partial charge in [-0.25, -0.2) is 4.79 Å². The van der Waals surface area contributed by atoms with Gasteiger partial charge in [0, 0.05) is 12.1 Å². The molecule has 0 aliphatic carbocycles. The zero-order valence-corrected chi connectivity index (χ0v) is 16.5. The first-order valence-electron chi connectivity index (χ1n) is 9.40. The molecular formula is C20H29N3O4. The van der Waals surface area contributed by atoms with E-state index in [9.17, 15) is 14.4 Å². The first-order chi connectivity index (χ1) is 12.7. The van der Waals surface area contributed by atoms with Gasteiger partial charge in [-0.15, -0.1) is 0 Å². The lowest BCUT2D eigenvalue weighted by atomic mass is 10.0. The van der Waals surface area contributed by atoms with E-state index in [0.29, 0.717) is 18.5 Å². The van der Waals surface area contributed by atoms with E-state index < -0.39 is 29.6 Å². The highest BCUT2D eigenvalue weighted by atomic mass is 16.6. The van der Waals surface area contributed by atoms with Gasteiger partial charge in [-0.2, -0.15) is 0 Å². The van der Waals surface area contributed by atoms with Gasteiger partial charge in [0.2, 0.25) is 0 Å². The SMILES string of the molecule is CCc1ccc(C(=O)NNC(=O)C2CCCCN2C(=O)OC(C)(C)C)cc1. The predicted octanol–water partition coefficient (Wildman–Crippen LogP) is 2.80. The maximum absolute atomic E-state index is 12.5. The van der Waals surface area contributed by atoms with E-state index in [4.69, 9.17) is 4.74 Å². The molecule has 0 spiro atoms. The Hall–Kier alpha value is -2.57. The summed E-state index contributed by atoms with van der Waals surface area (Å²) >= 11 is 0. The smallest absolute Gasteiger partial charge is 0.410 e. The molecule has 3 amide bonds. The third kappa shape index (κ3) is 5.98. The summed E-state index contributed by atoms with van der Waals surface area (Å²) in [4.78, 5) is 38.6. The van der Waals surface area contributed by atoms with Gasteiger partial charge in [0.05, 0.1) is 0 Å². The number of amides is 3. The summed E-state index contributed by atoms with van der Waals surface area (Å²) < 4.78 is 5.39. The van der Waals surface area contributed by atoms with Crippen molar-refractivity contribution in [3.63, 3.8) is 0 Å². The highest BCUT2D eigenvalue weighted by Gasteiger charge is 2.35. The van der Waals surface area contributed by atoms with Crippen LogP contribution in [0.4, 0.5) is 4.79 Å². The molecule has 2 N–H and O–H groups in total. The molecule has 1 aliphatic heterocycles. The molecule has 0 radical (unpaired) electrons. The summed E-state index contributed by atoms with van der Waals surface area (Å²) in [6, 6.07) is 6.53. The predicted molar refractivity (Wildman–Crippen MR) is 102 cm³/mol. The third-order valence-electron chi connectivity index (χ3n) is 4.36. The molecule has 0 bridgehead atoms. The molecule has 27 heavy (non-hydrogen) atoms. The Morgan fingerprint density at radius 2 is 1.78 bits per heavy atom. The number of piperidine rings is 1. The lowest BCUT2D eigenvalue weighted by Crippen LogP contribution is -2.56. The van der Waals surface area contributed by atoms with Crippen LogP contribution in [-0.4, -0.2) is 41.0 Å². The molecule has 1 aromatic carbocycles. The first kappa shape index (κ1) is 20.7. The topological polar surface area (TPSA) is 87.7 Å². The second-order valence-corrected chi connectivity index (χ2v) is 7.68. The van der Waals surface area contributed by atoms with E-state index in [1.54, 1.807) is 32.9 Å². The van der Waals surface area contributed by atoms with Crippen LogP contribution in [-0.2, 0) is 16.0 Å². The average molecular weight is 375 g/mol. The van der Waals surface area contributed by atoms with Crippen molar-refractivity contribution in [3.8, 4) is 0 Å². The van der Waals surface area contributed by atoms with E-state index in [1.165, 1.54) is 4.90 Å². The maximum atomic E-state index is 12.5. The Morgan fingerprint density at radius 1 is 1.11 bits per heavy atom. The summed E-state index contributed by atoms with van der Waals surface area (Å²) in [6.45, 7) is 7.85. The fourth-order valence-corrected chi connectivity index (χ4v) is 2.91. The zero-order chi connectivity index (χ0) is 20.0. The number of aryl methyl sites for hydroxylation is 1. The van der Waals surface area contributed by atoms with Crippen molar-refractivity contribution in [2.45, 2.75) is 65.0 Å². The Bertz CT molecular complexity index is 679. The Balaban J connectivity index is 1.95. The number of nitrogens with one attached hydrogen (secondary N) is 2. The monoisotopic (exact) mass is 375 g/mol. The number of likely N-dealkylation sites (tertiary alicyclic amines) is 1. The molecule has 1 fully saturated rings. The number of carbonyl (C=O) groups is 3. The van der Waals surface area contributed by atoms with Gasteiger partial charge in [-0.05, 0) is 64.2 Å². The summed E-state index contributed by atoms with van der Waals surface area (Å²) in [5, 5.41) is 0. The van der Waals surface area contributed by atoms with Gasteiger partial charge in [0.25, 0.3) is 11.8 Å². The fraction of sp³-hybridized carbons (Fsp3) is 0.550. The molecule has 7 heteroatoms. The van der Waals surface area contributed by atoms with Gasteiger partial charge >= 0.3 is 6.09 Å². The molecule has 7 nitrogen and oxygen atoms in total. The van der Waals surface area contributed by atoms with Gasteiger partial charge < -0.3 is 4.74 Å². The molecule has 2 rings (SSSR count). The summed E-state index contributed by atoms with van der Waals surface area (Å²) in [6.07, 6.45) is 2.57. The van der Waals surface area contributed by atoms with Crippen molar-refractivity contribution >= 4 is 17.9 Å². The molecule has 1 heterocycles. The lowest BCUT2D eigenvalue weighted by Gasteiger charge is -2.35. The van der Waals surface area contributed by atoms with E-state index in [0.717, 1.165) is 24.8 Å². The molecule has 0 saturated carbocycles. The van der Waals surface area contributed by atoms with Crippen molar-refractivity contribution in [2.24, 2.45) is 0 Å². The van der Waals surface area contributed by atoms with E-state index in [-0.39, 0.29) is 0 Å². The third-order valence-corrected chi connectivity index (χ3v) is 4.36. The normalized spacial score (nSPS) is 17.2. The molecule has 1 aliphatic rings. The zero-order valence-electron chi connectivity index (χ0n) is 16.5. The van der Waals surface area contributed by atoms with Crippen molar-refractivity contribution in [2.75, 3.05) is 6.54 Å². The summed E-state index contributed by atoms with van der Waals surface area (Å²) in [5.74, 6) is -0.815. The average Bonchev–Trinajstić information content (AvgIpc) is 2.64. The number of nitrogens with zero attached hydrogens (tertiary/aromatic N) is 1. The second kappa shape index (κ2) is 8.88. The number of rotatable bonds is 3. The molecule has 1 saturated heterocycles. The van der Waals surface area contributed by atoms with E-state index in [2.05, 4.69) is 10.9 Å². The minimum Gasteiger partial charge on any atom is -0.444 e. The Kier molecular flexibility index (Phi) is 6.82. The van der Waals surface area contributed by atoms with Crippen LogP contribution in [0.2, 0.25) is 0 Å². The molecule has 1 unspecified atom stereocenters. The van der Waals surface area contributed by atoms with Crippen LogP contribution >= 0.6 is 0 Å². The summed E-state index contributed by atoms with van der Waals surface area (Å²) in [5.41, 5.74) is 5.82. The van der Waals surface area contributed by atoms with Crippen LogP contribution in [0, 0.1) is 0 Å². The van der Waals surface area contributed by atoms with Crippen molar-refractivity contribution in [1.29, 1.82) is 0 Å². The van der Waals surface area contributed by atoms with Gasteiger partial charge in [-0.3, -0.25) is 25.3 Å². The van der Waals surface area contributed by atoms with Crippen molar-refractivity contribution < 1.29 is 19.1 Å². The quantitative estimate of drug-likeness (QED) is 0.795. The van der Waals surface area contributed by atoms with Gasteiger partial charge in [0.15, 0.2) is 0 Å². The van der Waals surface area contributed by atoms with E-state index >= 15 is 0 Å². The molecule has 1 atom stereocenters. The number of hydrogen-bond donors (Lipinski definition) is 2. The number of ether oxygens (including phenoxy) is 1. The van der Waals surface area contributed by atoms with Crippen LogP contribution in [0.3, 0.4) is 0 Å². The van der Waals surface area contributed by atoms with Crippen LogP contribution in [0.5, 0.6) is 0 Å². The molecule has 148 valence electrons. The van der Waals surface area contributed by atoms with Crippen LogP contribution in [0.1, 0.15) is 62.9 Å². The number of carbonyl (C=O) groups excluding carboxylic acids is 3. The maximum Gasteiger partial charge on any atom is 0.410 e. The molecule has 1 aromatic rings. The number of benzene rings is 1. The van der Waals surface area contributed by atoms with Gasteiger partial charge in [0.1, 0.15) is 11.6 Å².